The van der Waals surface area contributed by atoms with Gasteiger partial charge in [-0.15, -0.1) is 0 Å². The van der Waals surface area contributed by atoms with Gasteiger partial charge in [0.05, 0.1) is 6.61 Å². The number of carbonyl (C=O) groups is 2. The molecule has 1 aliphatic rings. The predicted octanol–water partition coefficient (Wildman–Crippen LogP) is 2.99. The van der Waals surface area contributed by atoms with E-state index in [1.165, 1.54) is 6.92 Å². The molecule has 2 aromatic rings. The Labute approximate surface area is 147 Å². The fourth-order valence-electron chi connectivity index (χ4n) is 3.06. The van der Waals surface area contributed by atoms with Crippen LogP contribution in [0.3, 0.4) is 0 Å². The minimum Gasteiger partial charge on any atom is -0.494 e. The van der Waals surface area contributed by atoms with Crippen LogP contribution in [0.1, 0.15) is 30.5 Å². The van der Waals surface area contributed by atoms with Crippen LogP contribution in [0.15, 0.2) is 48.5 Å². The highest BCUT2D eigenvalue weighted by molar-refractivity contribution is 6.06. The van der Waals surface area contributed by atoms with E-state index in [9.17, 15) is 9.59 Å². The van der Waals surface area contributed by atoms with Gasteiger partial charge in [0.25, 0.3) is 5.91 Å². The highest BCUT2D eigenvalue weighted by Gasteiger charge is 2.37. The standard InChI is InChI=1S/C20H22N2O3/c1-14-9-10-18-17(13-14)19(21-15(2)23)20(24)22(18)11-6-12-25-16-7-4-3-5-8-16/h3-5,7-10,13,19H,6,11-12H2,1-2H3,(H,21,23). The van der Waals surface area contributed by atoms with Crippen LogP contribution in [0.5, 0.6) is 5.75 Å². The quantitative estimate of drug-likeness (QED) is 0.824. The first kappa shape index (κ1) is 17.0. The van der Waals surface area contributed by atoms with Crippen LogP contribution in [-0.4, -0.2) is 25.0 Å². The second-order valence-corrected chi connectivity index (χ2v) is 6.20. The number of para-hydroxylation sites is 1. The average Bonchev–Trinajstić information content (AvgIpc) is 2.84. The summed E-state index contributed by atoms with van der Waals surface area (Å²) in [5.41, 5.74) is 2.80. The Kier molecular flexibility index (Phi) is 5.03. The lowest BCUT2D eigenvalue weighted by atomic mass is 10.1. The summed E-state index contributed by atoms with van der Waals surface area (Å²) in [6.45, 7) is 4.49. The van der Waals surface area contributed by atoms with E-state index in [1.54, 1.807) is 4.90 Å². The van der Waals surface area contributed by atoms with Crippen LogP contribution in [0, 0.1) is 6.92 Å². The molecule has 0 fully saturated rings. The third kappa shape index (κ3) is 3.82. The van der Waals surface area contributed by atoms with E-state index < -0.39 is 6.04 Å². The monoisotopic (exact) mass is 338 g/mol. The lowest BCUT2D eigenvalue weighted by Gasteiger charge is -2.18. The molecule has 5 heteroatoms. The number of benzene rings is 2. The summed E-state index contributed by atoms with van der Waals surface area (Å²) in [5.74, 6) is 0.526. The van der Waals surface area contributed by atoms with Crippen molar-refractivity contribution in [2.24, 2.45) is 0 Å². The van der Waals surface area contributed by atoms with Crippen LogP contribution in [0.4, 0.5) is 5.69 Å². The first-order chi connectivity index (χ1) is 12.1. The minimum atomic E-state index is -0.595. The van der Waals surface area contributed by atoms with E-state index in [0.717, 1.165) is 22.6 Å². The number of anilines is 1. The van der Waals surface area contributed by atoms with Gasteiger partial charge in [-0.3, -0.25) is 9.59 Å². The Morgan fingerprint density at radius 2 is 1.96 bits per heavy atom. The van der Waals surface area contributed by atoms with Gasteiger partial charge in [0.15, 0.2) is 0 Å². The highest BCUT2D eigenvalue weighted by Crippen LogP contribution is 2.36. The summed E-state index contributed by atoms with van der Waals surface area (Å²) >= 11 is 0. The third-order valence-corrected chi connectivity index (χ3v) is 4.18. The smallest absolute Gasteiger partial charge is 0.254 e. The molecule has 0 saturated carbocycles. The summed E-state index contributed by atoms with van der Waals surface area (Å²) in [6, 6.07) is 14.9. The molecule has 1 N–H and O–H groups in total. The molecule has 0 bridgehead atoms. The molecule has 0 saturated heterocycles. The molecule has 130 valence electrons. The molecule has 5 nitrogen and oxygen atoms in total. The number of ether oxygens (including phenoxy) is 1. The van der Waals surface area contributed by atoms with Crippen molar-refractivity contribution in [3.63, 3.8) is 0 Å². The summed E-state index contributed by atoms with van der Waals surface area (Å²) in [6.07, 6.45) is 0.709. The third-order valence-electron chi connectivity index (χ3n) is 4.18. The van der Waals surface area contributed by atoms with Crippen molar-refractivity contribution in [3.8, 4) is 5.75 Å². The number of nitrogens with zero attached hydrogens (tertiary/aromatic N) is 1. The number of hydrogen-bond donors (Lipinski definition) is 1. The minimum absolute atomic E-state index is 0.0875. The highest BCUT2D eigenvalue weighted by atomic mass is 16.5. The molecule has 1 aliphatic heterocycles. The van der Waals surface area contributed by atoms with Gasteiger partial charge >= 0.3 is 0 Å². The Morgan fingerprint density at radius 1 is 1.20 bits per heavy atom. The Bertz CT molecular complexity index is 774. The topological polar surface area (TPSA) is 58.6 Å². The number of nitrogens with one attached hydrogen (secondary N) is 1. The molecule has 0 aromatic heterocycles. The largest absolute Gasteiger partial charge is 0.494 e. The first-order valence-corrected chi connectivity index (χ1v) is 8.43. The van der Waals surface area contributed by atoms with E-state index in [4.69, 9.17) is 4.74 Å². The van der Waals surface area contributed by atoms with Crippen molar-refractivity contribution >= 4 is 17.5 Å². The fraction of sp³-hybridized carbons (Fsp3) is 0.300. The van der Waals surface area contributed by atoms with E-state index in [2.05, 4.69) is 5.32 Å². The predicted molar refractivity (Wildman–Crippen MR) is 96.6 cm³/mol. The van der Waals surface area contributed by atoms with Crippen LogP contribution in [0.25, 0.3) is 0 Å². The Hall–Kier alpha value is -2.82. The van der Waals surface area contributed by atoms with Crippen LogP contribution < -0.4 is 15.0 Å². The number of aryl methyl sites for hydroxylation is 1. The number of hydrogen-bond acceptors (Lipinski definition) is 3. The van der Waals surface area contributed by atoms with Crippen LogP contribution in [0.2, 0.25) is 0 Å². The molecule has 0 aliphatic carbocycles. The van der Waals surface area contributed by atoms with Gasteiger partial charge in [-0.2, -0.15) is 0 Å². The fourth-order valence-corrected chi connectivity index (χ4v) is 3.06. The Balaban J connectivity index is 1.67. The van der Waals surface area contributed by atoms with E-state index >= 15 is 0 Å². The second-order valence-electron chi connectivity index (χ2n) is 6.20. The van der Waals surface area contributed by atoms with Gasteiger partial charge in [-0.25, -0.2) is 0 Å². The van der Waals surface area contributed by atoms with Crippen molar-refractivity contribution in [2.75, 3.05) is 18.1 Å². The van der Waals surface area contributed by atoms with Gasteiger partial charge in [0, 0.05) is 24.7 Å². The average molecular weight is 338 g/mol. The number of fused-ring (bicyclic) bond motifs is 1. The Morgan fingerprint density at radius 3 is 2.68 bits per heavy atom. The summed E-state index contributed by atoms with van der Waals surface area (Å²) < 4.78 is 5.69. The molecule has 0 radical (unpaired) electrons. The van der Waals surface area contributed by atoms with E-state index in [-0.39, 0.29) is 11.8 Å². The van der Waals surface area contributed by atoms with Crippen molar-refractivity contribution in [1.29, 1.82) is 0 Å². The van der Waals surface area contributed by atoms with Gasteiger partial charge in [-0.05, 0) is 31.5 Å². The number of carbonyl (C=O) groups excluding carboxylic acids is 2. The molecule has 1 unspecified atom stereocenters. The normalized spacial score (nSPS) is 15.8. The molecular weight excluding hydrogens is 316 g/mol. The SMILES string of the molecule is CC(=O)NC1C(=O)N(CCCOc2ccccc2)c2ccc(C)cc21. The number of rotatable bonds is 6. The van der Waals surface area contributed by atoms with E-state index in [1.807, 2.05) is 55.5 Å². The first-order valence-electron chi connectivity index (χ1n) is 8.43. The molecule has 2 aromatic carbocycles. The maximum atomic E-state index is 12.7. The molecule has 3 rings (SSSR count). The zero-order valence-electron chi connectivity index (χ0n) is 14.5. The maximum Gasteiger partial charge on any atom is 0.254 e. The van der Waals surface area contributed by atoms with Crippen LogP contribution >= 0.6 is 0 Å². The molecule has 2 amide bonds. The van der Waals surface area contributed by atoms with Gasteiger partial charge in [0.2, 0.25) is 5.91 Å². The van der Waals surface area contributed by atoms with Crippen molar-refractivity contribution in [1.82, 2.24) is 5.32 Å². The van der Waals surface area contributed by atoms with Gasteiger partial charge in [-0.1, -0.05) is 35.9 Å². The molecule has 0 spiro atoms. The zero-order chi connectivity index (χ0) is 17.8. The van der Waals surface area contributed by atoms with Crippen LogP contribution in [-0.2, 0) is 9.59 Å². The second kappa shape index (κ2) is 7.38. The van der Waals surface area contributed by atoms with Crippen molar-refractivity contribution < 1.29 is 14.3 Å². The zero-order valence-corrected chi connectivity index (χ0v) is 14.5. The molecule has 1 heterocycles. The van der Waals surface area contributed by atoms with Gasteiger partial charge < -0.3 is 15.0 Å². The van der Waals surface area contributed by atoms with Crippen molar-refractivity contribution in [3.05, 3.63) is 59.7 Å². The lowest BCUT2D eigenvalue weighted by molar-refractivity contribution is -0.126. The van der Waals surface area contributed by atoms with Crippen molar-refractivity contribution in [2.45, 2.75) is 26.3 Å². The molecular formula is C20H22N2O3. The summed E-state index contributed by atoms with van der Waals surface area (Å²) in [4.78, 5) is 25.9. The summed E-state index contributed by atoms with van der Waals surface area (Å²) in [5, 5.41) is 2.76. The lowest BCUT2D eigenvalue weighted by Crippen LogP contribution is -2.37. The summed E-state index contributed by atoms with van der Waals surface area (Å²) in [7, 11) is 0. The van der Waals surface area contributed by atoms with Gasteiger partial charge in [0.1, 0.15) is 11.8 Å². The van der Waals surface area contributed by atoms with E-state index in [0.29, 0.717) is 19.6 Å². The molecule has 1 atom stereocenters. The molecule has 25 heavy (non-hydrogen) atoms. The number of amides is 2. The maximum absolute atomic E-state index is 12.7.